The molecule has 0 saturated carbocycles. The lowest BCUT2D eigenvalue weighted by molar-refractivity contribution is 0.171. The van der Waals surface area contributed by atoms with E-state index in [1.165, 1.54) is 12.1 Å². The normalized spacial score (nSPS) is 22.1. The fourth-order valence-electron chi connectivity index (χ4n) is 2.79. The third kappa shape index (κ3) is 3.05. The number of aliphatic hydroxyl groups excluding tert-OH is 1. The summed E-state index contributed by atoms with van der Waals surface area (Å²) in [6.07, 6.45) is 1.49. The maximum atomic E-state index is 13.4. The van der Waals surface area contributed by atoms with Crippen molar-refractivity contribution in [3.05, 3.63) is 53.5 Å². The Bertz CT molecular complexity index is 682. The Hall–Kier alpha value is -2.12. The Balaban J connectivity index is 1.84. The summed E-state index contributed by atoms with van der Waals surface area (Å²) in [5.74, 6) is -0.872. The van der Waals surface area contributed by atoms with Gasteiger partial charge in [0.25, 0.3) is 0 Å². The second-order valence-corrected chi connectivity index (χ2v) is 5.41. The second kappa shape index (κ2) is 5.94. The molecule has 22 heavy (non-hydrogen) atoms. The van der Waals surface area contributed by atoms with Crippen molar-refractivity contribution in [3.63, 3.8) is 0 Å². The van der Waals surface area contributed by atoms with Crippen LogP contribution in [-0.4, -0.2) is 32.6 Å². The van der Waals surface area contributed by atoms with Crippen LogP contribution in [0.5, 0.6) is 0 Å². The monoisotopic (exact) mass is 306 g/mol. The van der Waals surface area contributed by atoms with E-state index in [4.69, 9.17) is 5.73 Å². The molecule has 5 nitrogen and oxygen atoms in total. The molecule has 2 aromatic rings. The van der Waals surface area contributed by atoms with Gasteiger partial charge in [0.05, 0.1) is 12.6 Å². The van der Waals surface area contributed by atoms with Gasteiger partial charge in [-0.1, -0.05) is 6.07 Å². The number of nitrogens with zero attached hydrogens (tertiary/aromatic N) is 3. The first-order valence-electron chi connectivity index (χ1n) is 6.97. The molecule has 0 unspecified atom stereocenters. The summed E-state index contributed by atoms with van der Waals surface area (Å²) in [5.41, 5.74) is 6.26. The smallest absolute Gasteiger partial charge is 0.159 e. The van der Waals surface area contributed by atoms with E-state index in [1.807, 2.05) is 4.90 Å². The molecule has 1 aliphatic rings. The molecule has 1 aliphatic heterocycles. The number of nitrogens with two attached hydrogens (primary N) is 1. The van der Waals surface area contributed by atoms with Crippen LogP contribution in [0.2, 0.25) is 0 Å². The number of halogens is 2. The fourth-order valence-corrected chi connectivity index (χ4v) is 2.79. The molecule has 7 heteroatoms. The van der Waals surface area contributed by atoms with Crippen molar-refractivity contribution in [2.45, 2.75) is 25.1 Å². The molecule has 1 aromatic carbocycles. The van der Waals surface area contributed by atoms with Gasteiger partial charge in [-0.15, -0.1) is 0 Å². The van der Waals surface area contributed by atoms with E-state index < -0.39 is 17.7 Å². The van der Waals surface area contributed by atoms with Crippen molar-refractivity contribution in [2.75, 3.05) is 12.3 Å². The average molecular weight is 306 g/mol. The van der Waals surface area contributed by atoms with E-state index in [0.29, 0.717) is 36.7 Å². The van der Waals surface area contributed by atoms with Gasteiger partial charge in [0.1, 0.15) is 11.6 Å². The molecule has 3 N–H and O–H groups in total. The molecule has 1 aromatic heterocycles. The van der Waals surface area contributed by atoms with Crippen molar-refractivity contribution in [1.82, 2.24) is 14.9 Å². The molecule has 0 amide bonds. The third-order valence-corrected chi connectivity index (χ3v) is 3.78. The number of nitrogen functional groups attached to an aromatic ring is 1. The molecular formula is C15H16F2N4O. The van der Waals surface area contributed by atoms with Crippen LogP contribution < -0.4 is 5.73 Å². The number of hydrogen-bond acceptors (Lipinski definition) is 5. The summed E-state index contributed by atoms with van der Waals surface area (Å²) in [6, 6.07) is 5.19. The standard InChI is InChI=1S/C15H16F2N4O/c16-11-2-1-9(5-12(11)17)13-6-10(22)7-21(13)8-15-19-4-3-14(18)20-15/h1-5,10,13,22H,6-8H2,(H2,18,19,20)/t10-,13+/m0/s1. The van der Waals surface area contributed by atoms with E-state index in [-0.39, 0.29) is 6.04 Å². The minimum absolute atomic E-state index is 0.213. The van der Waals surface area contributed by atoms with Crippen LogP contribution in [0.4, 0.5) is 14.6 Å². The van der Waals surface area contributed by atoms with Crippen LogP contribution >= 0.6 is 0 Å². The molecule has 1 saturated heterocycles. The Kier molecular flexibility index (Phi) is 4.00. The molecule has 0 radical (unpaired) electrons. The Morgan fingerprint density at radius 3 is 2.82 bits per heavy atom. The molecule has 0 bridgehead atoms. The van der Waals surface area contributed by atoms with Crippen LogP contribution in [-0.2, 0) is 6.54 Å². The molecule has 2 heterocycles. The third-order valence-electron chi connectivity index (χ3n) is 3.78. The molecule has 1 fully saturated rings. The summed E-state index contributed by atoms with van der Waals surface area (Å²) >= 11 is 0. The minimum atomic E-state index is -0.890. The van der Waals surface area contributed by atoms with Gasteiger partial charge in [0.15, 0.2) is 11.6 Å². The van der Waals surface area contributed by atoms with Crippen LogP contribution in [0.3, 0.4) is 0 Å². The van der Waals surface area contributed by atoms with Crippen molar-refractivity contribution in [2.24, 2.45) is 0 Å². The SMILES string of the molecule is Nc1ccnc(CN2C[C@@H](O)C[C@@H]2c2ccc(F)c(F)c2)n1. The van der Waals surface area contributed by atoms with E-state index in [0.717, 1.165) is 6.07 Å². The number of β-amino-alcohol motifs (C(OH)–C–C–N with tert-alkyl or cyclic N) is 1. The predicted molar refractivity (Wildman–Crippen MR) is 76.6 cm³/mol. The quantitative estimate of drug-likeness (QED) is 0.902. The average Bonchev–Trinajstić information content (AvgIpc) is 2.82. The number of aliphatic hydroxyl groups is 1. The van der Waals surface area contributed by atoms with E-state index in [2.05, 4.69) is 9.97 Å². The molecule has 2 atom stereocenters. The first kappa shape index (κ1) is 14.8. The highest BCUT2D eigenvalue weighted by molar-refractivity contribution is 5.26. The highest BCUT2D eigenvalue weighted by atomic mass is 19.2. The summed E-state index contributed by atoms with van der Waals surface area (Å²) in [7, 11) is 0. The summed E-state index contributed by atoms with van der Waals surface area (Å²) in [5, 5.41) is 9.91. The van der Waals surface area contributed by atoms with E-state index >= 15 is 0 Å². The molecule has 3 rings (SSSR count). The van der Waals surface area contributed by atoms with Crippen LogP contribution in [0.15, 0.2) is 30.5 Å². The van der Waals surface area contributed by atoms with Crippen LogP contribution in [0.1, 0.15) is 23.9 Å². The summed E-state index contributed by atoms with van der Waals surface area (Å²) in [6.45, 7) is 0.799. The molecular weight excluding hydrogens is 290 g/mol. The zero-order chi connectivity index (χ0) is 15.7. The number of aromatic nitrogens is 2. The van der Waals surface area contributed by atoms with Gasteiger partial charge in [-0.3, -0.25) is 4.90 Å². The molecule has 0 aliphatic carbocycles. The van der Waals surface area contributed by atoms with Gasteiger partial charge in [0.2, 0.25) is 0 Å². The number of rotatable bonds is 3. The van der Waals surface area contributed by atoms with Crippen LogP contribution in [0, 0.1) is 11.6 Å². The minimum Gasteiger partial charge on any atom is -0.392 e. The van der Waals surface area contributed by atoms with Gasteiger partial charge < -0.3 is 10.8 Å². The predicted octanol–water partition coefficient (Wildman–Crippen LogP) is 1.64. The van der Waals surface area contributed by atoms with Gasteiger partial charge in [-0.05, 0) is 30.2 Å². The van der Waals surface area contributed by atoms with Gasteiger partial charge >= 0.3 is 0 Å². The first-order chi connectivity index (χ1) is 10.5. The largest absolute Gasteiger partial charge is 0.392 e. The molecule has 116 valence electrons. The van der Waals surface area contributed by atoms with Gasteiger partial charge in [-0.2, -0.15) is 0 Å². The number of hydrogen-bond donors (Lipinski definition) is 2. The zero-order valence-electron chi connectivity index (χ0n) is 11.8. The number of anilines is 1. The lowest BCUT2D eigenvalue weighted by Gasteiger charge is -2.23. The van der Waals surface area contributed by atoms with E-state index in [9.17, 15) is 13.9 Å². The maximum absolute atomic E-state index is 13.4. The van der Waals surface area contributed by atoms with Crippen molar-refractivity contribution in [1.29, 1.82) is 0 Å². The Morgan fingerprint density at radius 1 is 1.27 bits per heavy atom. The van der Waals surface area contributed by atoms with Crippen LogP contribution in [0.25, 0.3) is 0 Å². The highest BCUT2D eigenvalue weighted by Gasteiger charge is 2.32. The Morgan fingerprint density at radius 2 is 2.09 bits per heavy atom. The first-order valence-corrected chi connectivity index (χ1v) is 6.97. The van der Waals surface area contributed by atoms with E-state index in [1.54, 1.807) is 12.3 Å². The number of likely N-dealkylation sites (tertiary alicyclic amines) is 1. The maximum Gasteiger partial charge on any atom is 0.159 e. The summed E-state index contributed by atoms with van der Waals surface area (Å²) < 4.78 is 26.5. The summed E-state index contributed by atoms with van der Waals surface area (Å²) in [4.78, 5) is 10.2. The van der Waals surface area contributed by atoms with Gasteiger partial charge in [0, 0.05) is 18.8 Å². The van der Waals surface area contributed by atoms with Crippen molar-refractivity contribution in [3.8, 4) is 0 Å². The second-order valence-electron chi connectivity index (χ2n) is 5.41. The fraction of sp³-hybridized carbons (Fsp3) is 0.333. The van der Waals surface area contributed by atoms with Gasteiger partial charge in [-0.25, -0.2) is 18.7 Å². The topological polar surface area (TPSA) is 75.3 Å². The Labute approximate surface area is 126 Å². The zero-order valence-corrected chi connectivity index (χ0v) is 11.8. The molecule has 0 spiro atoms. The lowest BCUT2D eigenvalue weighted by atomic mass is 10.0. The highest BCUT2D eigenvalue weighted by Crippen LogP contribution is 2.33. The van der Waals surface area contributed by atoms with Crippen molar-refractivity contribution >= 4 is 5.82 Å². The lowest BCUT2D eigenvalue weighted by Crippen LogP contribution is -2.25. The number of benzene rings is 1. The van der Waals surface area contributed by atoms with Crippen molar-refractivity contribution < 1.29 is 13.9 Å².